The molecule has 0 bridgehead atoms. The Labute approximate surface area is 160 Å². The molecule has 3 rings (SSSR count). The van der Waals surface area contributed by atoms with Crippen LogP contribution in [0.15, 0.2) is 59.6 Å². The number of sulfone groups is 1. The molecule has 0 saturated heterocycles. The maximum absolute atomic E-state index is 13.3. The highest BCUT2D eigenvalue weighted by Gasteiger charge is 2.35. The molecular weight excluding hydrogens is 393 g/mol. The Morgan fingerprint density at radius 1 is 1.11 bits per heavy atom. The van der Waals surface area contributed by atoms with Crippen LogP contribution in [0.5, 0.6) is 0 Å². The Kier molecular flexibility index (Phi) is 5.31. The number of hydrogen-bond donors (Lipinski definition) is 0. The molecule has 0 saturated carbocycles. The van der Waals surface area contributed by atoms with Gasteiger partial charge in [-0.3, -0.25) is 4.57 Å². The van der Waals surface area contributed by atoms with E-state index in [-0.39, 0.29) is 10.7 Å². The van der Waals surface area contributed by atoms with Crippen LogP contribution in [-0.2, 0) is 27.4 Å². The summed E-state index contributed by atoms with van der Waals surface area (Å²) in [6.45, 7) is 0.309. The van der Waals surface area contributed by atoms with Crippen molar-refractivity contribution >= 4 is 9.84 Å². The lowest BCUT2D eigenvalue weighted by Gasteiger charge is -2.10. The van der Waals surface area contributed by atoms with E-state index in [0.29, 0.717) is 17.9 Å². The minimum absolute atomic E-state index is 0.0797. The highest BCUT2D eigenvalue weighted by molar-refractivity contribution is 7.90. The number of halogens is 3. The molecule has 148 valence electrons. The van der Waals surface area contributed by atoms with Crippen LogP contribution >= 0.6 is 0 Å². The minimum Gasteiger partial charge on any atom is -0.380 e. The van der Waals surface area contributed by atoms with E-state index in [0.717, 1.165) is 18.0 Å². The zero-order valence-corrected chi connectivity index (χ0v) is 15.9. The molecule has 0 spiro atoms. The summed E-state index contributed by atoms with van der Waals surface area (Å²) >= 11 is 0. The van der Waals surface area contributed by atoms with Crippen molar-refractivity contribution in [2.45, 2.75) is 17.7 Å². The molecule has 2 aromatic carbocycles. The van der Waals surface area contributed by atoms with Crippen LogP contribution in [-0.4, -0.2) is 31.3 Å². The van der Waals surface area contributed by atoms with Crippen LogP contribution < -0.4 is 0 Å². The number of benzene rings is 2. The van der Waals surface area contributed by atoms with Crippen molar-refractivity contribution in [3.05, 3.63) is 66.0 Å². The summed E-state index contributed by atoms with van der Waals surface area (Å²) in [5, 5.41) is 0. The molecule has 0 aliphatic heterocycles. The fraction of sp³-hybridized carbons (Fsp3) is 0.211. The van der Waals surface area contributed by atoms with E-state index in [1.165, 1.54) is 35.9 Å². The Balaban J connectivity index is 2.15. The SMILES string of the molecule is COCc1cccc(-c2nc(C(F)(F)F)cn2-c2ccc(S(C)(=O)=O)cc2)c1. The number of methoxy groups -OCH3 is 1. The van der Waals surface area contributed by atoms with Crippen LogP contribution in [0.4, 0.5) is 13.2 Å². The number of aromatic nitrogens is 2. The summed E-state index contributed by atoms with van der Waals surface area (Å²) in [5.74, 6) is 0.0948. The van der Waals surface area contributed by atoms with Crippen molar-refractivity contribution in [1.29, 1.82) is 0 Å². The van der Waals surface area contributed by atoms with Gasteiger partial charge in [0.25, 0.3) is 0 Å². The summed E-state index contributed by atoms with van der Waals surface area (Å²) < 4.78 is 69.4. The normalized spacial score (nSPS) is 12.3. The van der Waals surface area contributed by atoms with E-state index < -0.39 is 21.7 Å². The van der Waals surface area contributed by atoms with Crippen LogP contribution in [0.1, 0.15) is 11.3 Å². The zero-order valence-electron chi connectivity index (χ0n) is 15.1. The molecule has 3 aromatic rings. The fourth-order valence-corrected chi connectivity index (χ4v) is 3.37. The van der Waals surface area contributed by atoms with E-state index in [4.69, 9.17) is 4.74 Å². The summed E-state index contributed by atoms with van der Waals surface area (Å²) in [6.07, 6.45) is -2.65. The third-order valence-electron chi connectivity index (χ3n) is 4.04. The first-order chi connectivity index (χ1) is 13.1. The Morgan fingerprint density at radius 2 is 1.79 bits per heavy atom. The summed E-state index contributed by atoms with van der Waals surface area (Å²) in [5.41, 5.74) is 0.599. The fourth-order valence-electron chi connectivity index (χ4n) is 2.74. The number of hydrogen-bond acceptors (Lipinski definition) is 4. The molecule has 0 fully saturated rings. The van der Waals surface area contributed by atoms with Gasteiger partial charge in [0, 0.05) is 30.8 Å². The van der Waals surface area contributed by atoms with Crippen LogP contribution in [0, 0.1) is 0 Å². The van der Waals surface area contributed by atoms with Crippen molar-refractivity contribution in [2.75, 3.05) is 13.4 Å². The van der Waals surface area contributed by atoms with Gasteiger partial charge < -0.3 is 4.74 Å². The third-order valence-corrected chi connectivity index (χ3v) is 5.16. The monoisotopic (exact) mass is 410 g/mol. The smallest absolute Gasteiger partial charge is 0.380 e. The van der Waals surface area contributed by atoms with Crippen LogP contribution in [0.25, 0.3) is 17.1 Å². The van der Waals surface area contributed by atoms with Gasteiger partial charge in [-0.2, -0.15) is 13.2 Å². The lowest BCUT2D eigenvalue weighted by Crippen LogP contribution is -2.05. The topological polar surface area (TPSA) is 61.2 Å². The van der Waals surface area contributed by atoms with Crippen LogP contribution in [0.2, 0.25) is 0 Å². The summed E-state index contributed by atoms with van der Waals surface area (Å²) in [6, 6.07) is 12.5. The second-order valence-electron chi connectivity index (χ2n) is 6.22. The summed E-state index contributed by atoms with van der Waals surface area (Å²) in [4.78, 5) is 3.86. The highest BCUT2D eigenvalue weighted by Crippen LogP contribution is 2.33. The van der Waals surface area contributed by atoms with Gasteiger partial charge in [0.2, 0.25) is 0 Å². The van der Waals surface area contributed by atoms with E-state index in [9.17, 15) is 21.6 Å². The largest absolute Gasteiger partial charge is 0.434 e. The second-order valence-corrected chi connectivity index (χ2v) is 8.23. The third kappa shape index (κ3) is 4.26. The molecule has 0 radical (unpaired) electrons. The second kappa shape index (κ2) is 7.40. The molecule has 1 heterocycles. The highest BCUT2D eigenvalue weighted by atomic mass is 32.2. The summed E-state index contributed by atoms with van der Waals surface area (Å²) in [7, 11) is -1.89. The molecule has 9 heteroatoms. The Morgan fingerprint density at radius 3 is 2.36 bits per heavy atom. The lowest BCUT2D eigenvalue weighted by atomic mass is 10.1. The van der Waals surface area contributed by atoms with E-state index in [1.807, 2.05) is 0 Å². The predicted molar refractivity (Wildman–Crippen MR) is 97.8 cm³/mol. The predicted octanol–water partition coefficient (Wildman–Crippen LogP) is 4.11. The molecule has 5 nitrogen and oxygen atoms in total. The molecule has 28 heavy (non-hydrogen) atoms. The van der Waals surface area contributed by atoms with Gasteiger partial charge in [-0.05, 0) is 35.9 Å². The van der Waals surface area contributed by atoms with Crippen molar-refractivity contribution < 1.29 is 26.3 Å². The average Bonchev–Trinajstić information content (AvgIpc) is 3.07. The van der Waals surface area contributed by atoms with Gasteiger partial charge in [-0.25, -0.2) is 13.4 Å². The van der Waals surface area contributed by atoms with Crippen molar-refractivity contribution in [1.82, 2.24) is 9.55 Å². The quantitative estimate of drug-likeness (QED) is 0.635. The lowest BCUT2D eigenvalue weighted by molar-refractivity contribution is -0.140. The molecular formula is C19H17F3N2O3S. The Hall–Kier alpha value is -2.65. The van der Waals surface area contributed by atoms with Crippen molar-refractivity contribution in [3.63, 3.8) is 0 Å². The average molecular weight is 410 g/mol. The van der Waals surface area contributed by atoms with Gasteiger partial charge in [0.05, 0.1) is 11.5 Å². The van der Waals surface area contributed by atoms with Gasteiger partial charge in [-0.1, -0.05) is 18.2 Å². The zero-order chi connectivity index (χ0) is 20.5. The molecule has 0 aliphatic rings. The van der Waals surface area contributed by atoms with Crippen LogP contribution in [0.3, 0.4) is 0 Å². The standard InChI is InChI=1S/C19H17F3N2O3S/c1-27-12-13-4-3-5-14(10-13)18-23-17(19(20,21)22)11-24(18)15-6-8-16(9-7-15)28(2,25)26/h3-11H,12H2,1-2H3. The van der Waals surface area contributed by atoms with E-state index >= 15 is 0 Å². The number of ether oxygens (including phenoxy) is 1. The van der Waals surface area contributed by atoms with E-state index in [2.05, 4.69) is 4.98 Å². The van der Waals surface area contributed by atoms with Gasteiger partial charge in [-0.15, -0.1) is 0 Å². The number of rotatable bonds is 5. The van der Waals surface area contributed by atoms with Gasteiger partial charge in [0.1, 0.15) is 5.82 Å². The van der Waals surface area contributed by atoms with Crippen molar-refractivity contribution in [2.24, 2.45) is 0 Å². The minimum atomic E-state index is -4.61. The molecule has 0 N–H and O–H groups in total. The molecule has 0 amide bonds. The molecule has 0 atom stereocenters. The first-order valence-electron chi connectivity index (χ1n) is 8.15. The molecule has 1 aromatic heterocycles. The maximum Gasteiger partial charge on any atom is 0.434 e. The number of imidazole rings is 1. The first-order valence-corrected chi connectivity index (χ1v) is 10.0. The Bertz CT molecular complexity index is 1090. The first kappa shape index (κ1) is 20.1. The number of nitrogens with zero attached hydrogens (tertiary/aromatic N) is 2. The van der Waals surface area contributed by atoms with Gasteiger partial charge in [0.15, 0.2) is 15.5 Å². The molecule has 0 unspecified atom stereocenters. The number of alkyl halides is 3. The van der Waals surface area contributed by atoms with E-state index in [1.54, 1.807) is 24.3 Å². The maximum atomic E-state index is 13.3. The van der Waals surface area contributed by atoms with Crippen molar-refractivity contribution in [3.8, 4) is 17.1 Å². The molecule has 0 aliphatic carbocycles. The van der Waals surface area contributed by atoms with Gasteiger partial charge >= 0.3 is 6.18 Å².